The lowest BCUT2D eigenvalue weighted by atomic mass is 9.85. The Hall–Kier alpha value is -8.60. The topological polar surface area (TPSA) is 42.7 Å². The summed E-state index contributed by atoms with van der Waals surface area (Å²) in [6.07, 6.45) is 0. The highest BCUT2D eigenvalue weighted by Crippen LogP contribution is 2.50. The highest BCUT2D eigenvalue weighted by Gasteiger charge is 2.25. The van der Waals surface area contributed by atoms with Crippen LogP contribution in [-0.4, -0.2) is 0 Å². The highest BCUT2D eigenvalue weighted by molar-refractivity contribution is 6.20. The van der Waals surface area contributed by atoms with Crippen molar-refractivity contribution >= 4 is 82.9 Å². The average molecular weight is 820 g/mol. The Kier molecular flexibility index (Phi) is 8.18. The quantitative estimate of drug-likeness (QED) is 0.161. The molecular weight excluding hydrogens is 783 g/mol. The van der Waals surface area contributed by atoms with Crippen LogP contribution >= 0.6 is 0 Å². The highest BCUT2D eigenvalue weighted by atomic mass is 16.3. The van der Waals surface area contributed by atoms with Gasteiger partial charge in [-0.05, 0) is 94.5 Å². The summed E-state index contributed by atoms with van der Waals surface area (Å²) in [5.41, 5.74) is 17.1. The van der Waals surface area contributed by atoms with Crippen molar-refractivity contribution in [3.8, 4) is 44.5 Å². The SMILES string of the molecule is c1ccc(-c2ccccc2N(c2ccc(-c3c(-c4ccc5oc6ccccc6c5c4-c4ccccc4)ccc4oc5ccccc5c34)cc2)c2cccc3c2oc2ccccc23)cc1. The molecule has 0 saturated carbocycles. The minimum atomic E-state index is 0.836. The number of benzene rings is 10. The van der Waals surface area contributed by atoms with E-state index in [1.165, 1.54) is 0 Å². The molecule has 0 aliphatic rings. The van der Waals surface area contributed by atoms with Gasteiger partial charge in [0.05, 0.1) is 11.4 Å². The number of hydrogen-bond acceptors (Lipinski definition) is 4. The third-order valence-corrected chi connectivity index (χ3v) is 12.7. The summed E-state index contributed by atoms with van der Waals surface area (Å²) in [7, 11) is 0. The van der Waals surface area contributed by atoms with Crippen LogP contribution in [0.2, 0.25) is 0 Å². The fourth-order valence-electron chi connectivity index (χ4n) is 9.91. The Labute approximate surface area is 368 Å². The lowest BCUT2D eigenvalue weighted by Crippen LogP contribution is -2.11. The molecule has 0 unspecified atom stereocenters. The van der Waals surface area contributed by atoms with E-state index in [2.05, 4.69) is 205 Å². The van der Waals surface area contributed by atoms with Crippen LogP contribution in [0.1, 0.15) is 0 Å². The van der Waals surface area contributed by atoms with Crippen molar-refractivity contribution in [1.82, 2.24) is 0 Å². The van der Waals surface area contributed by atoms with Crippen molar-refractivity contribution in [1.29, 1.82) is 0 Å². The molecule has 0 amide bonds. The maximum Gasteiger partial charge on any atom is 0.159 e. The van der Waals surface area contributed by atoms with E-state index in [1.807, 2.05) is 24.3 Å². The van der Waals surface area contributed by atoms with Gasteiger partial charge >= 0.3 is 0 Å². The molecule has 0 saturated heterocycles. The van der Waals surface area contributed by atoms with Gasteiger partial charge in [-0.3, -0.25) is 0 Å². The van der Waals surface area contributed by atoms with E-state index in [-0.39, 0.29) is 0 Å². The Morgan fingerprint density at radius 3 is 1.36 bits per heavy atom. The molecule has 0 radical (unpaired) electrons. The van der Waals surface area contributed by atoms with Crippen molar-refractivity contribution in [3.63, 3.8) is 0 Å². The first-order chi connectivity index (χ1) is 31.8. The van der Waals surface area contributed by atoms with Crippen LogP contribution in [0.4, 0.5) is 17.1 Å². The zero-order valence-corrected chi connectivity index (χ0v) is 34.5. The normalized spacial score (nSPS) is 11.8. The summed E-state index contributed by atoms with van der Waals surface area (Å²) >= 11 is 0. The molecule has 0 aliphatic heterocycles. The van der Waals surface area contributed by atoms with Gasteiger partial charge in [-0.15, -0.1) is 0 Å². The standard InChI is InChI=1S/C60H37NO3/c1-3-16-38(17-4-1)42-20-7-11-25-49(42)61(50-26-15-24-46-43-21-8-12-27-51(43)64-60(46)50)41-32-30-40(31-33-41)57-45(35-37-55-59(57)48-23-10-14-29-53(48)63-55)44-34-36-54-58(47-22-9-13-28-52(47)62-54)56(44)39-18-5-2-6-19-39/h1-37H. The molecule has 3 heterocycles. The predicted octanol–water partition coefficient (Wildman–Crippen LogP) is 17.5. The summed E-state index contributed by atoms with van der Waals surface area (Å²) in [4.78, 5) is 2.34. The van der Waals surface area contributed by atoms with Crippen LogP contribution in [0.3, 0.4) is 0 Å². The first kappa shape index (κ1) is 36.1. The Balaban J connectivity index is 1.07. The summed E-state index contributed by atoms with van der Waals surface area (Å²) in [6.45, 7) is 0. The zero-order valence-electron chi connectivity index (χ0n) is 34.5. The van der Waals surface area contributed by atoms with E-state index < -0.39 is 0 Å². The summed E-state index contributed by atoms with van der Waals surface area (Å²) in [5.74, 6) is 0. The van der Waals surface area contributed by atoms with Crippen LogP contribution in [0, 0.1) is 0 Å². The minimum absolute atomic E-state index is 0.836. The number of nitrogens with zero attached hydrogens (tertiary/aromatic N) is 1. The van der Waals surface area contributed by atoms with Gasteiger partial charge in [0.1, 0.15) is 27.9 Å². The number of fused-ring (bicyclic) bond motifs is 9. The molecule has 4 nitrogen and oxygen atoms in total. The molecule has 13 aromatic rings. The average Bonchev–Trinajstić information content (AvgIpc) is 4.06. The lowest BCUT2D eigenvalue weighted by Gasteiger charge is -2.28. The summed E-state index contributed by atoms with van der Waals surface area (Å²) < 4.78 is 19.8. The van der Waals surface area contributed by atoms with E-state index in [0.717, 1.165) is 127 Å². The molecule has 0 atom stereocenters. The molecule has 0 spiro atoms. The maximum absolute atomic E-state index is 6.73. The number of furan rings is 3. The number of rotatable bonds is 7. The summed E-state index contributed by atoms with van der Waals surface area (Å²) in [5, 5.41) is 6.52. The van der Waals surface area contributed by atoms with Gasteiger partial charge in [-0.1, -0.05) is 158 Å². The smallest absolute Gasteiger partial charge is 0.159 e. The Morgan fingerprint density at radius 2 is 0.734 bits per heavy atom. The van der Waals surface area contributed by atoms with Crippen molar-refractivity contribution in [3.05, 3.63) is 224 Å². The van der Waals surface area contributed by atoms with Crippen molar-refractivity contribution in [2.45, 2.75) is 0 Å². The number of anilines is 3. The van der Waals surface area contributed by atoms with Crippen LogP contribution in [0.15, 0.2) is 238 Å². The van der Waals surface area contributed by atoms with Crippen molar-refractivity contribution < 1.29 is 13.3 Å². The molecule has 3 aromatic heterocycles. The third kappa shape index (κ3) is 5.63. The van der Waals surface area contributed by atoms with Gasteiger partial charge in [-0.25, -0.2) is 0 Å². The number of hydrogen-bond donors (Lipinski definition) is 0. The molecule has 4 heteroatoms. The van der Waals surface area contributed by atoms with Crippen LogP contribution < -0.4 is 4.90 Å². The fraction of sp³-hybridized carbons (Fsp3) is 0. The first-order valence-electron chi connectivity index (χ1n) is 21.7. The fourth-order valence-corrected chi connectivity index (χ4v) is 9.91. The molecule has 0 N–H and O–H groups in total. The second-order valence-corrected chi connectivity index (χ2v) is 16.3. The van der Waals surface area contributed by atoms with E-state index in [9.17, 15) is 0 Å². The van der Waals surface area contributed by atoms with Gasteiger partial charge in [-0.2, -0.15) is 0 Å². The van der Waals surface area contributed by atoms with E-state index in [4.69, 9.17) is 13.3 Å². The summed E-state index contributed by atoms with van der Waals surface area (Å²) in [6, 6.07) is 79.1. The predicted molar refractivity (Wildman–Crippen MR) is 265 cm³/mol. The van der Waals surface area contributed by atoms with Crippen molar-refractivity contribution in [2.24, 2.45) is 0 Å². The van der Waals surface area contributed by atoms with Gasteiger partial charge in [0.15, 0.2) is 5.58 Å². The van der Waals surface area contributed by atoms with E-state index in [0.29, 0.717) is 0 Å². The molecule has 64 heavy (non-hydrogen) atoms. The zero-order chi connectivity index (χ0) is 42.1. The van der Waals surface area contributed by atoms with E-state index >= 15 is 0 Å². The van der Waals surface area contributed by atoms with Gasteiger partial charge in [0.2, 0.25) is 0 Å². The Bertz CT molecular complexity index is 3890. The molecule has 300 valence electrons. The Morgan fingerprint density at radius 1 is 0.266 bits per heavy atom. The van der Waals surface area contributed by atoms with Crippen LogP contribution in [0.25, 0.3) is 110 Å². The van der Waals surface area contributed by atoms with Crippen LogP contribution in [-0.2, 0) is 0 Å². The first-order valence-corrected chi connectivity index (χ1v) is 21.7. The third-order valence-electron chi connectivity index (χ3n) is 12.7. The lowest BCUT2D eigenvalue weighted by molar-refractivity contribution is 0.668. The molecule has 0 aliphatic carbocycles. The molecule has 0 fully saturated rings. The largest absolute Gasteiger partial charge is 0.456 e. The molecular formula is C60H37NO3. The second-order valence-electron chi connectivity index (χ2n) is 16.3. The molecule has 13 rings (SSSR count). The molecule has 0 bridgehead atoms. The monoisotopic (exact) mass is 819 g/mol. The second kappa shape index (κ2) is 14.5. The van der Waals surface area contributed by atoms with Crippen molar-refractivity contribution in [2.75, 3.05) is 4.90 Å². The van der Waals surface area contributed by atoms with Gasteiger partial charge in [0.25, 0.3) is 0 Å². The minimum Gasteiger partial charge on any atom is -0.456 e. The van der Waals surface area contributed by atoms with Gasteiger partial charge < -0.3 is 18.2 Å². The van der Waals surface area contributed by atoms with Crippen LogP contribution in [0.5, 0.6) is 0 Å². The van der Waals surface area contributed by atoms with Gasteiger partial charge in [0, 0.05) is 54.7 Å². The molecule has 10 aromatic carbocycles. The number of para-hydroxylation sites is 5. The maximum atomic E-state index is 6.73. The van der Waals surface area contributed by atoms with E-state index in [1.54, 1.807) is 0 Å².